The minimum atomic E-state index is -0.511. The number of hydrogen-bond donors (Lipinski definition) is 1. The summed E-state index contributed by atoms with van der Waals surface area (Å²) in [6.45, 7) is 9.27. The van der Waals surface area contributed by atoms with Crippen LogP contribution in [0.15, 0.2) is 36.7 Å². The molecule has 1 aliphatic heterocycles. The Kier molecular flexibility index (Phi) is 6.08. The van der Waals surface area contributed by atoms with Gasteiger partial charge in [-0.2, -0.15) is 5.10 Å². The fraction of sp³-hybridized carbons (Fsp3) is 0.545. The van der Waals surface area contributed by atoms with E-state index in [0.717, 1.165) is 42.5 Å². The van der Waals surface area contributed by atoms with Gasteiger partial charge in [0.05, 0.1) is 18.3 Å². The molecule has 6 nitrogen and oxygen atoms in total. The van der Waals surface area contributed by atoms with Gasteiger partial charge >= 0.3 is 6.09 Å². The van der Waals surface area contributed by atoms with E-state index >= 15 is 0 Å². The molecule has 3 rings (SSSR count). The second-order valence-corrected chi connectivity index (χ2v) is 8.47. The van der Waals surface area contributed by atoms with Gasteiger partial charge < -0.3 is 15.4 Å². The van der Waals surface area contributed by atoms with Crippen molar-refractivity contribution in [3.8, 4) is 11.1 Å². The number of carbonyl (C=O) groups excluding carboxylic acids is 1. The number of nitrogens with two attached hydrogens (primary N) is 1. The second kappa shape index (κ2) is 8.35. The summed E-state index contributed by atoms with van der Waals surface area (Å²) >= 11 is 0. The van der Waals surface area contributed by atoms with Gasteiger partial charge in [0.15, 0.2) is 0 Å². The van der Waals surface area contributed by atoms with Crippen molar-refractivity contribution >= 4 is 6.09 Å². The zero-order valence-corrected chi connectivity index (χ0v) is 17.4. The van der Waals surface area contributed by atoms with E-state index in [9.17, 15) is 4.79 Å². The fourth-order valence-electron chi connectivity index (χ4n) is 3.71. The lowest BCUT2D eigenvalue weighted by molar-refractivity contribution is 0.00649. The molecule has 2 N–H and O–H groups in total. The van der Waals surface area contributed by atoms with E-state index in [4.69, 9.17) is 10.5 Å². The quantitative estimate of drug-likeness (QED) is 0.850. The lowest BCUT2D eigenvalue weighted by Gasteiger charge is -2.39. The van der Waals surface area contributed by atoms with E-state index in [1.165, 1.54) is 0 Å². The monoisotopic (exact) mass is 384 g/mol. The molecule has 0 radical (unpaired) electrons. The molecule has 0 spiro atoms. The highest BCUT2D eigenvalue weighted by Gasteiger charge is 2.34. The molecule has 1 saturated heterocycles. The Hall–Kier alpha value is -2.34. The molecule has 0 aliphatic carbocycles. The van der Waals surface area contributed by atoms with Crippen molar-refractivity contribution < 1.29 is 9.53 Å². The van der Waals surface area contributed by atoms with Crippen LogP contribution in [0, 0.1) is 0 Å². The van der Waals surface area contributed by atoms with Gasteiger partial charge in [0.1, 0.15) is 5.60 Å². The highest BCUT2D eigenvalue weighted by Crippen LogP contribution is 2.30. The number of nitrogens with zero attached hydrogens (tertiary/aromatic N) is 3. The van der Waals surface area contributed by atoms with Crippen molar-refractivity contribution in [2.45, 2.75) is 71.2 Å². The highest BCUT2D eigenvalue weighted by molar-refractivity contribution is 5.69. The maximum atomic E-state index is 12.7. The van der Waals surface area contributed by atoms with Crippen LogP contribution in [0.5, 0.6) is 0 Å². The molecule has 2 atom stereocenters. The van der Waals surface area contributed by atoms with Crippen molar-refractivity contribution in [3.63, 3.8) is 0 Å². The van der Waals surface area contributed by atoms with E-state index in [1.54, 1.807) is 0 Å². The first-order chi connectivity index (χ1) is 13.3. The molecule has 6 heteroatoms. The first-order valence-corrected chi connectivity index (χ1v) is 10.2. The van der Waals surface area contributed by atoms with Crippen molar-refractivity contribution in [2.24, 2.45) is 5.73 Å². The van der Waals surface area contributed by atoms with Crippen LogP contribution < -0.4 is 5.73 Å². The van der Waals surface area contributed by atoms with Crippen LogP contribution in [-0.2, 0) is 11.3 Å². The molecule has 1 aromatic carbocycles. The molecular formula is C22H32N4O2. The average Bonchev–Trinajstić information content (AvgIpc) is 3.15. The number of amides is 1. The predicted molar refractivity (Wildman–Crippen MR) is 111 cm³/mol. The topological polar surface area (TPSA) is 73.4 Å². The van der Waals surface area contributed by atoms with Crippen molar-refractivity contribution in [2.75, 3.05) is 6.54 Å². The molecule has 28 heavy (non-hydrogen) atoms. The molecule has 0 bridgehead atoms. The van der Waals surface area contributed by atoms with E-state index in [-0.39, 0.29) is 18.2 Å². The number of likely N-dealkylation sites (tertiary alicyclic amines) is 1. The summed E-state index contributed by atoms with van der Waals surface area (Å²) in [5.74, 6) is 0. The largest absolute Gasteiger partial charge is 0.444 e. The second-order valence-electron chi connectivity index (χ2n) is 8.47. The number of aromatic nitrogens is 2. The number of rotatable bonds is 4. The standard InChI is InChI=1S/C22H32N4O2/c1-5-25-15-18(14-24-25)16-9-8-10-17(13-16)20(23)19-11-6-7-12-26(19)21(27)28-22(2,3)4/h8-10,13-15,19-20H,5-7,11-12,23H2,1-4H3/t19-,20-/m0/s1. The third-order valence-electron chi connectivity index (χ3n) is 5.15. The summed E-state index contributed by atoms with van der Waals surface area (Å²) in [4.78, 5) is 14.5. The Labute approximate surface area is 167 Å². The summed E-state index contributed by atoms with van der Waals surface area (Å²) in [5.41, 5.74) is 9.35. The average molecular weight is 385 g/mol. The molecule has 2 aromatic rings. The van der Waals surface area contributed by atoms with E-state index in [2.05, 4.69) is 24.2 Å². The molecular weight excluding hydrogens is 352 g/mol. The lowest BCUT2D eigenvalue weighted by Crippen LogP contribution is -2.50. The van der Waals surface area contributed by atoms with Crippen LogP contribution in [-0.4, -0.2) is 39.0 Å². The smallest absolute Gasteiger partial charge is 0.410 e. The number of piperidine rings is 1. The first-order valence-electron chi connectivity index (χ1n) is 10.2. The number of aryl methyl sites for hydroxylation is 1. The summed E-state index contributed by atoms with van der Waals surface area (Å²) in [7, 11) is 0. The fourth-order valence-corrected chi connectivity index (χ4v) is 3.71. The van der Waals surface area contributed by atoms with Gasteiger partial charge in [-0.15, -0.1) is 0 Å². The third kappa shape index (κ3) is 4.73. The molecule has 152 valence electrons. The number of benzene rings is 1. The maximum absolute atomic E-state index is 12.7. The van der Waals surface area contributed by atoms with E-state index in [1.807, 2.05) is 54.9 Å². The van der Waals surface area contributed by atoms with Crippen LogP contribution >= 0.6 is 0 Å². The Morgan fingerprint density at radius 2 is 2.11 bits per heavy atom. The summed E-state index contributed by atoms with van der Waals surface area (Å²) in [6, 6.07) is 7.93. The molecule has 1 aromatic heterocycles. The van der Waals surface area contributed by atoms with Crippen molar-refractivity contribution in [3.05, 3.63) is 42.2 Å². The van der Waals surface area contributed by atoms with Gasteiger partial charge in [0.2, 0.25) is 0 Å². The van der Waals surface area contributed by atoms with Crippen LogP contribution in [0.2, 0.25) is 0 Å². The maximum Gasteiger partial charge on any atom is 0.410 e. The Morgan fingerprint density at radius 1 is 1.32 bits per heavy atom. The minimum absolute atomic E-state index is 0.0581. The Bertz CT molecular complexity index is 809. The van der Waals surface area contributed by atoms with Crippen LogP contribution in [0.25, 0.3) is 11.1 Å². The molecule has 1 aliphatic rings. The summed E-state index contributed by atoms with van der Waals surface area (Å²) in [6.07, 6.45) is 6.59. The lowest BCUT2D eigenvalue weighted by atomic mass is 9.90. The highest BCUT2D eigenvalue weighted by atomic mass is 16.6. The summed E-state index contributed by atoms with van der Waals surface area (Å²) < 4.78 is 7.53. The number of carbonyl (C=O) groups is 1. The van der Waals surface area contributed by atoms with Gasteiger partial charge in [0, 0.05) is 24.8 Å². The van der Waals surface area contributed by atoms with Gasteiger partial charge in [0.25, 0.3) is 0 Å². The van der Waals surface area contributed by atoms with Crippen molar-refractivity contribution in [1.82, 2.24) is 14.7 Å². The summed E-state index contributed by atoms with van der Waals surface area (Å²) in [5, 5.41) is 4.36. The van der Waals surface area contributed by atoms with Crippen molar-refractivity contribution in [1.29, 1.82) is 0 Å². The number of ether oxygens (including phenoxy) is 1. The van der Waals surface area contributed by atoms with E-state index in [0.29, 0.717) is 6.54 Å². The molecule has 0 unspecified atom stereocenters. The third-order valence-corrected chi connectivity index (χ3v) is 5.15. The molecule has 1 fully saturated rings. The van der Waals surface area contributed by atoms with Gasteiger partial charge in [-0.3, -0.25) is 4.68 Å². The molecule has 0 saturated carbocycles. The van der Waals surface area contributed by atoms with Gasteiger partial charge in [-0.05, 0) is 64.2 Å². The first kappa shape index (κ1) is 20.4. The van der Waals surface area contributed by atoms with Crippen LogP contribution in [0.3, 0.4) is 0 Å². The van der Waals surface area contributed by atoms with Crippen LogP contribution in [0.4, 0.5) is 4.79 Å². The number of hydrogen-bond acceptors (Lipinski definition) is 4. The normalized spacial score (nSPS) is 18.8. The Balaban J connectivity index is 1.82. The molecule has 2 heterocycles. The zero-order valence-electron chi connectivity index (χ0n) is 17.4. The Morgan fingerprint density at radius 3 is 2.79 bits per heavy atom. The zero-order chi connectivity index (χ0) is 20.3. The van der Waals surface area contributed by atoms with Gasteiger partial charge in [-0.1, -0.05) is 18.2 Å². The minimum Gasteiger partial charge on any atom is -0.444 e. The van der Waals surface area contributed by atoms with E-state index < -0.39 is 5.60 Å². The molecule has 1 amide bonds. The SMILES string of the molecule is CCn1cc(-c2cccc([C@H](N)[C@@H]3CCCCN3C(=O)OC(C)(C)C)c2)cn1. The van der Waals surface area contributed by atoms with Gasteiger partial charge in [-0.25, -0.2) is 4.79 Å². The predicted octanol–water partition coefficient (Wildman–Crippen LogP) is 4.36. The van der Waals surface area contributed by atoms with Crippen LogP contribution in [0.1, 0.15) is 58.6 Å².